The fourth-order valence-corrected chi connectivity index (χ4v) is 2.13. The Labute approximate surface area is 102 Å². The fourth-order valence-electron chi connectivity index (χ4n) is 2.13. The van der Waals surface area contributed by atoms with Crippen molar-refractivity contribution in [1.82, 2.24) is 4.98 Å². The summed E-state index contributed by atoms with van der Waals surface area (Å²) in [5.74, 6) is 0. The van der Waals surface area contributed by atoms with Gasteiger partial charge in [0.05, 0.1) is 0 Å². The van der Waals surface area contributed by atoms with E-state index in [1.807, 2.05) is 45.0 Å². The molecule has 0 bridgehead atoms. The molecular formula is C15H17NO. The standard InChI is InChI=1S/C15H17NO/c1-10-7-11(2)9-13(8-10)15(17)14-5-4-6-16-12(14)3/h4-9,15,17H,1-3H3. The summed E-state index contributed by atoms with van der Waals surface area (Å²) in [6.45, 7) is 6.00. The molecule has 1 aromatic heterocycles. The molecule has 0 aliphatic rings. The van der Waals surface area contributed by atoms with E-state index >= 15 is 0 Å². The molecule has 0 fully saturated rings. The first-order valence-electron chi connectivity index (χ1n) is 5.75. The van der Waals surface area contributed by atoms with Crippen LogP contribution in [0.4, 0.5) is 0 Å². The van der Waals surface area contributed by atoms with Crippen LogP contribution in [0.5, 0.6) is 0 Å². The van der Waals surface area contributed by atoms with Crippen LogP contribution in [-0.4, -0.2) is 10.1 Å². The molecule has 0 spiro atoms. The summed E-state index contributed by atoms with van der Waals surface area (Å²) in [4.78, 5) is 4.21. The lowest BCUT2D eigenvalue weighted by atomic mass is 9.97. The second kappa shape index (κ2) is 4.68. The molecule has 2 nitrogen and oxygen atoms in total. The molecule has 0 amide bonds. The van der Waals surface area contributed by atoms with Crippen molar-refractivity contribution in [2.75, 3.05) is 0 Å². The lowest BCUT2D eigenvalue weighted by Gasteiger charge is -2.14. The first kappa shape index (κ1) is 11.8. The Kier molecular flexibility index (Phi) is 3.25. The molecule has 0 saturated carbocycles. The Morgan fingerprint density at radius 1 is 1.06 bits per heavy atom. The SMILES string of the molecule is Cc1cc(C)cc(C(O)c2cccnc2C)c1. The Morgan fingerprint density at radius 3 is 2.29 bits per heavy atom. The predicted octanol–water partition coefficient (Wildman–Crippen LogP) is 3.09. The van der Waals surface area contributed by atoms with Gasteiger partial charge < -0.3 is 5.11 Å². The summed E-state index contributed by atoms with van der Waals surface area (Å²) in [7, 11) is 0. The van der Waals surface area contributed by atoms with E-state index in [4.69, 9.17) is 0 Å². The van der Waals surface area contributed by atoms with Gasteiger partial charge in [-0.2, -0.15) is 0 Å². The number of rotatable bonds is 2. The highest BCUT2D eigenvalue weighted by Gasteiger charge is 2.13. The molecule has 1 unspecified atom stereocenters. The first-order chi connectivity index (χ1) is 8.08. The van der Waals surface area contributed by atoms with Crippen molar-refractivity contribution in [3.63, 3.8) is 0 Å². The third kappa shape index (κ3) is 2.53. The highest BCUT2D eigenvalue weighted by atomic mass is 16.3. The number of hydrogen-bond donors (Lipinski definition) is 1. The minimum absolute atomic E-state index is 0.595. The smallest absolute Gasteiger partial charge is 0.106 e. The highest BCUT2D eigenvalue weighted by Crippen LogP contribution is 2.25. The van der Waals surface area contributed by atoms with Crippen molar-refractivity contribution < 1.29 is 5.11 Å². The van der Waals surface area contributed by atoms with Gasteiger partial charge in [0.2, 0.25) is 0 Å². The van der Waals surface area contributed by atoms with Crippen molar-refractivity contribution in [2.24, 2.45) is 0 Å². The van der Waals surface area contributed by atoms with Crippen LogP contribution in [0.15, 0.2) is 36.5 Å². The van der Waals surface area contributed by atoms with Crippen LogP contribution < -0.4 is 0 Å². The van der Waals surface area contributed by atoms with Crippen LogP contribution in [0.1, 0.15) is 34.1 Å². The van der Waals surface area contributed by atoms with Crippen LogP contribution in [0, 0.1) is 20.8 Å². The minimum Gasteiger partial charge on any atom is -0.384 e. The summed E-state index contributed by atoms with van der Waals surface area (Å²) >= 11 is 0. The van der Waals surface area contributed by atoms with Gasteiger partial charge in [-0.05, 0) is 32.4 Å². The Balaban J connectivity index is 2.43. The summed E-state index contributed by atoms with van der Waals surface area (Å²) in [6.07, 6.45) is 1.15. The molecule has 2 aromatic rings. The Hall–Kier alpha value is -1.67. The second-order valence-electron chi connectivity index (χ2n) is 4.50. The molecule has 1 aromatic carbocycles. The van der Waals surface area contributed by atoms with Gasteiger partial charge in [0.15, 0.2) is 0 Å². The number of aliphatic hydroxyl groups excluding tert-OH is 1. The Morgan fingerprint density at radius 2 is 1.71 bits per heavy atom. The van der Waals surface area contributed by atoms with Gasteiger partial charge in [0.1, 0.15) is 6.10 Å². The zero-order chi connectivity index (χ0) is 12.4. The largest absolute Gasteiger partial charge is 0.384 e. The molecule has 0 radical (unpaired) electrons. The highest BCUT2D eigenvalue weighted by molar-refractivity contribution is 5.36. The molecule has 88 valence electrons. The number of benzene rings is 1. The second-order valence-corrected chi connectivity index (χ2v) is 4.50. The van der Waals surface area contributed by atoms with Crippen molar-refractivity contribution in [3.8, 4) is 0 Å². The fraction of sp³-hybridized carbons (Fsp3) is 0.267. The topological polar surface area (TPSA) is 33.1 Å². The van der Waals surface area contributed by atoms with E-state index in [2.05, 4.69) is 11.1 Å². The normalized spacial score (nSPS) is 12.5. The molecule has 17 heavy (non-hydrogen) atoms. The summed E-state index contributed by atoms with van der Waals surface area (Å²) in [6, 6.07) is 9.92. The van der Waals surface area contributed by atoms with Gasteiger partial charge in [-0.15, -0.1) is 0 Å². The monoisotopic (exact) mass is 227 g/mol. The van der Waals surface area contributed by atoms with Gasteiger partial charge >= 0.3 is 0 Å². The molecule has 2 heteroatoms. The van der Waals surface area contributed by atoms with Crippen LogP contribution in [-0.2, 0) is 0 Å². The van der Waals surface area contributed by atoms with E-state index in [0.717, 1.165) is 16.8 Å². The van der Waals surface area contributed by atoms with Crippen LogP contribution in [0.3, 0.4) is 0 Å². The molecule has 0 saturated heterocycles. The average molecular weight is 227 g/mol. The van der Waals surface area contributed by atoms with Gasteiger partial charge in [0.25, 0.3) is 0 Å². The van der Waals surface area contributed by atoms with E-state index in [1.165, 1.54) is 11.1 Å². The molecule has 0 aliphatic carbocycles. The van der Waals surface area contributed by atoms with E-state index in [0.29, 0.717) is 0 Å². The minimum atomic E-state index is -0.595. The zero-order valence-corrected chi connectivity index (χ0v) is 10.4. The van der Waals surface area contributed by atoms with Crippen molar-refractivity contribution in [2.45, 2.75) is 26.9 Å². The van der Waals surface area contributed by atoms with E-state index < -0.39 is 6.10 Å². The third-order valence-corrected chi connectivity index (χ3v) is 2.90. The molecular weight excluding hydrogens is 210 g/mol. The van der Waals surface area contributed by atoms with E-state index in [1.54, 1.807) is 6.20 Å². The molecule has 1 heterocycles. The zero-order valence-electron chi connectivity index (χ0n) is 10.4. The number of aryl methyl sites for hydroxylation is 3. The molecule has 2 rings (SSSR count). The van der Waals surface area contributed by atoms with Crippen LogP contribution in [0.2, 0.25) is 0 Å². The number of pyridine rings is 1. The maximum atomic E-state index is 10.4. The number of aromatic nitrogens is 1. The average Bonchev–Trinajstić information content (AvgIpc) is 2.27. The predicted molar refractivity (Wildman–Crippen MR) is 69.0 cm³/mol. The molecule has 0 aliphatic heterocycles. The number of hydrogen-bond acceptors (Lipinski definition) is 2. The van der Waals surface area contributed by atoms with E-state index in [-0.39, 0.29) is 0 Å². The maximum absolute atomic E-state index is 10.4. The summed E-state index contributed by atoms with van der Waals surface area (Å²) < 4.78 is 0. The number of aliphatic hydroxyl groups is 1. The van der Waals surface area contributed by atoms with Crippen molar-refractivity contribution in [3.05, 3.63) is 64.5 Å². The molecule has 1 atom stereocenters. The number of nitrogens with zero attached hydrogens (tertiary/aromatic N) is 1. The van der Waals surface area contributed by atoms with Gasteiger partial charge in [-0.25, -0.2) is 0 Å². The lowest BCUT2D eigenvalue weighted by molar-refractivity contribution is 0.219. The summed E-state index contributed by atoms with van der Waals surface area (Å²) in [5, 5.41) is 10.4. The van der Waals surface area contributed by atoms with Crippen molar-refractivity contribution >= 4 is 0 Å². The van der Waals surface area contributed by atoms with Crippen molar-refractivity contribution in [1.29, 1.82) is 0 Å². The quantitative estimate of drug-likeness (QED) is 0.855. The lowest BCUT2D eigenvalue weighted by Crippen LogP contribution is -2.03. The van der Waals surface area contributed by atoms with E-state index in [9.17, 15) is 5.11 Å². The maximum Gasteiger partial charge on any atom is 0.106 e. The first-order valence-corrected chi connectivity index (χ1v) is 5.75. The molecule has 1 N–H and O–H groups in total. The Bertz CT molecular complexity index is 514. The third-order valence-electron chi connectivity index (χ3n) is 2.90. The van der Waals surface area contributed by atoms with Gasteiger partial charge in [0, 0.05) is 17.5 Å². The van der Waals surface area contributed by atoms with Gasteiger partial charge in [-0.3, -0.25) is 4.98 Å². The van der Waals surface area contributed by atoms with Gasteiger partial charge in [-0.1, -0.05) is 35.4 Å². The van der Waals surface area contributed by atoms with Crippen LogP contribution in [0.25, 0.3) is 0 Å². The van der Waals surface area contributed by atoms with Crippen LogP contribution >= 0.6 is 0 Å². The summed E-state index contributed by atoms with van der Waals surface area (Å²) in [5.41, 5.74) is 5.01.